The largest absolute Gasteiger partial charge is 0.497 e. The van der Waals surface area contributed by atoms with Gasteiger partial charge in [0.2, 0.25) is 11.7 Å². The monoisotopic (exact) mass is 468 g/mol. The molecule has 1 amide bonds. The number of carbonyl (C=O) groups excluding carboxylic acids is 1. The highest BCUT2D eigenvalue weighted by molar-refractivity contribution is 8.03. The minimum absolute atomic E-state index is 0.0179. The van der Waals surface area contributed by atoms with E-state index >= 15 is 0 Å². The number of hydrogen-bond acceptors (Lipinski definition) is 8. The molecule has 0 saturated carbocycles. The topological polar surface area (TPSA) is 101 Å². The second-order valence-corrected chi connectivity index (χ2v) is 8.57. The number of methoxy groups -OCH3 is 4. The van der Waals surface area contributed by atoms with Crippen molar-refractivity contribution >= 4 is 17.7 Å². The lowest BCUT2D eigenvalue weighted by Crippen LogP contribution is -2.48. The van der Waals surface area contributed by atoms with Crippen molar-refractivity contribution in [1.82, 2.24) is 4.90 Å². The molecule has 2 aliphatic heterocycles. The van der Waals surface area contributed by atoms with Crippen LogP contribution >= 0.6 is 11.8 Å². The summed E-state index contributed by atoms with van der Waals surface area (Å²) in [5.74, 6) is 1.40. The number of allylic oxidation sites excluding steroid dienone is 1. The minimum Gasteiger partial charge on any atom is -0.497 e. The third-order valence-electron chi connectivity index (χ3n) is 5.95. The maximum absolute atomic E-state index is 13.4. The first-order valence-corrected chi connectivity index (χ1v) is 11.2. The molecular formula is C24H24N2O6S. The molecule has 1 fully saturated rings. The van der Waals surface area contributed by atoms with Crippen LogP contribution in [0.15, 0.2) is 47.0 Å². The van der Waals surface area contributed by atoms with Gasteiger partial charge in [-0.3, -0.25) is 9.69 Å². The van der Waals surface area contributed by atoms with E-state index in [4.69, 9.17) is 18.9 Å². The molecule has 8 nitrogen and oxygen atoms in total. The van der Waals surface area contributed by atoms with Gasteiger partial charge in [0.15, 0.2) is 17.2 Å². The van der Waals surface area contributed by atoms with Crippen molar-refractivity contribution in [2.75, 3.05) is 34.2 Å². The van der Waals surface area contributed by atoms with E-state index in [-0.39, 0.29) is 18.1 Å². The van der Waals surface area contributed by atoms with Crippen molar-refractivity contribution in [3.63, 3.8) is 0 Å². The fraction of sp³-hybridized carbons (Fsp3) is 0.333. The Bertz CT molecular complexity index is 1130. The molecule has 172 valence electrons. The second kappa shape index (κ2) is 8.89. The van der Waals surface area contributed by atoms with Gasteiger partial charge < -0.3 is 24.1 Å². The zero-order valence-electron chi connectivity index (χ0n) is 18.7. The average molecular weight is 469 g/mol. The molecule has 2 aromatic carbocycles. The van der Waals surface area contributed by atoms with Crippen LogP contribution in [0.3, 0.4) is 0 Å². The summed E-state index contributed by atoms with van der Waals surface area (Å²) in [5.41, 5.74) is 0.120. The number of aliphatic hydroxyl groups is 1. The second-order valence-electron chi connectivity index (χ2n) is 7.61. The number of amides is 1. The Kier molecular flexibility index (Phi) is 6.15. The van der Waals surface area contributed by atoms with Gasteiger partial charge in [-0.15, -0.1) is 11.8 Å². The molecule has 0 bridgehead atoms. The van der Waals surface area contributed by atoms with Crippen LogP contribution in [-0.4, -0.2) is 50.1 Å². The van der Waals surface area contributed by atoms with Crippen LogP contribution in [-0.2, 0) is 10.5 Å². The van der Waals surface area contributed by atoms with Crippen molar-refractivity contribution < 1.29 is 28.8 Å². The Morgan fingerprint density at radius 2 is 1.70 bits per heavy atom. The number of fused-ring (bicyclic) bond motifs is 1. The number of nitrogens with zero attached hydrogens (tertiary/aromatic N) is 2. The highest BCUT2D eigenvalue weighted by Crippen LogP contribution is 2.53. The summed E-state index contributed by atoms with van der Waals surface area (Å²) in [7, 11) is 6.10. The van der Waals surface area contributed by atoms with E-state index in [0.29, 0.717) is 44.7 Å². The van der Waals surface area contributed by atoms with Gasteiger partial charge >= 0.3 is 0 Å². The van der Waals surface area contributed by atoms with Crippen molar-refractivity contribution in [3.05, 3.63) is 58.1 Å². The molecule has 9 heteroatoms. The number of ether oxygens (including phenoxy) is 4. The van der Waals surface area contributed by atoms with E-state index in [2.05, 4.69) is 6.07 Å². The minimum atomic E-state index is -1.55. The smallest absolute Gasteiger partial charge is 0.231 e. The number of thioether (sulfide) groups is 1. The molecule has 2 aromatic rings. The molecule has 0 radical (unpaired) electrons. The summed E-state index contributed by atoms with van der Waals surface area (Å²) in [6.45, 7) is 0. The third kappa shape index (κ3) is 3.65. The van der Waals surface area contributed by atoms with Crippen LogP contribution in [0, 0.1) is 11.3 Å². The van der Waals surface area contributed by atoms with Crippen molar-refractivity contribution in [3.8, 4) is 29.1 Å². The van der Waals surface area contributed by atoms with Crippen LogP contribution in [0.25, 0.3) is 0 Å². The van der Waals surface area contributed by atoms with Gasteiger partial charge in [0.25, 0.3) is 0 Å². The molecule has 0 aromatic heterocycles. The van der Waals surface area contributed by atoms with Gasteiger partial charge in [-0.05, 0) is 29.8 Å². The van der Waals surface area contributed by atoms with E-state index < -0.39 is 11.6 Å². The zero-order chi connectivity index (χ0) is 23.8. The molecule has 2 heterocycles. The average Bonchev–Trinajstić information content (AvgIpc) is 3.21. The lowest BCUT2D eigenvalue weighted by atomic mass is 9.85. The molecule has 0 unspecified atom stereocenters. The Morgan fingerprint density at radius 3 is 2.21 bits per heavy atom. The Balaban J connectivity index is 1.80. The zero-order valence-corrected chi connectivity index (χ0v) is 19.6. The first kappa shape index (κ1) is 22.8. The first-order valence-electron chi connectivity index (χ1n) is 10.2. The third-order valence-corrected chi connectivity index (χ3v) is 7.18. The van der Waals surface area contributed by atoms with Gasteiger partial charge in [0.05, 0.1) is 50.9 Å². The number of nitriles is 1. The quantitative estimate of drug-likeness (QED) is 0.689. The molecule has 4 rings (SSSR count). The van der Waals surface area contributed by atoms with E-state index in [1.807, 2.05) is 0 Å². The van der Waals surface area contributed by atoms with Crippen molar-refractivity contribution in [2.24, 2.45) is 0 Å². The summed E-state index contributed by atoms with van der Waals surface area (Å²) >= 11 is 1.29. The molecular weight excluding hydrogens is 444 g/mol. The number of carbonyl (C=O) groups is 1. The van der Waals surface area contributed by atoms with Gasteiger partial charge in [0.1, 0.15) is 5.75 Å². The standard InChI is InChI=1S/C24H24N2O6S/c1-29-16-7-5-15(6-8-16)24(28)13-33-23-18(12-25)17(11-21(27)26(23)24)14-9-19(30-2)22(32-4)20(10-14)31-3/h5-10,17,28H,11,13H2,1-4H3/t17-,24-/m1/s1. The fourth-order valence-electron chi connectivity index (χ4n) is 4.28. The molecule has 0 aliphatic carbocycles. The normalized spacial score (nSPS) is 22.0. The van der Waals surface area contributed by atoms with E-state index in [9.17, 15) is 15.2 Å². The molecule has 1 N–H and O–H groups in total. The predicted octanol–water partition coefficient (Wildman–Crippen LogP) is 3.36. The van der Waals surface area contributed by atoms with Crippen LogP contribution in [0.2, 0.25) is 0 Å². The maximum Gasteiger partial charge on any atom is 0.231 e. The molecule has 1 saturated heterocycles. The predicted molar refractivity (Wildman–Crippen MR) is 122 cm³/mol. The molecule has 2 aliphatic rings. The highest BCUT2D eigenvalue weighted by Gasteiger charge is 2.52. The van der Waals surface area contributed by atoms with E-state index in [0.717, 1.165) is 0 Å². The lowest BCUT2D eigenvalue weighted by molar-refractivity contribution is -0.149. The van der Waals surface area contributed by atoms with Gasteiger partial charge in [-0.2, -0.15) is 5.26 Å². The first-order chi connectivity index (χ1) is 15.9. The van der Waals surface area contributed by atoms with Crippen LogP contribution in [0.4, 0.5) is 0 Å². The van der Waals surface area contributed by atoms with Gasteiger partial charge in [-0.1, -0.05) is 12.1 Å². The van der Waals surface area contributed by atoms with Crippen LogP contribution in [0.5, 0.6) is 23.0 Å². The van der Waals surface area contributed by atoms with Gasteiger partial charge in [-0.25, -0.2) is 0 Å². The summed E-state index contributed by atoms with van der Waals surface area (Å²) in [6, 6.07) is 12.7. The Labute approximate surface area is 196 Å². The number of rotatable bonds is 6. The van der Waals surface area contributed by atoms with Crippen LogP contribution in [0.1, 0.15) is 23.5 Å². The SMILES string of the molecule is COc1ccc([C@]2(O)CSC3=C(C#N)[C@@H](c4cc(OC)c(OC)c(OC)c4)CC(=O)N32)cc1. The summed E-state index contributed by atoms with van der Waals surface area (Å²) in [5, 5.41) is 22.1. The lowest BCUT2D eigenvalue weighted by Gasteiger charge is -2.38. The molecule has 33 heavy (non-hydrogen) atoms. The van der Waals surface area contributed by atoms with Crippen molar-refractivity contribution in [2.45, 2.75) is 18.1 Å². The Morgan fingerprint density at radius 1 is 1.06 bits per heavy atom. The maximum atomic E-state index is 13.4. The molecule has 0 spiro atoms. The summed E-state index contributed by atoms with van der Waals surface area (Å²) in [4.78, 5) is 14.7. The molecule has 2 atom stereocenters. The van der Waals surface area contributed by atoms with Crippen LogP contribution < -0.4 is 18.9 Å². The highest BCUT2D eigenvalue weighted by atomic mass is 32.2. The number of benzene rings is 2. The summed E-state index contributed by atoms with van der Waals surface area (Å²) in [6.07, 6.45) is 0.0179. The summed E-state index contributed by atoms with van der Waals surface area (Å²) < 4.78 is 21.5. The van der Waals surface area contributed by atoms with E-state index in [1.165, 1.54) is 38.0 Å². The van der Waals surface area contributed by atoms with Gasteiger partial charge in [0, 0.05) is 17.9 Å². The number of hydrogen-bond donors (Lipinski definition) is 1. The van der Waals surface area contributed by atoms with Crippen molar-refractivity contribution in [1.29, 1.82) is 5.26 Å². The fourth-order valence-corrected chi connectivity index (χ4v) is 5.64. The Hall–Kier alpha value is -3.35. The van der Waals surface area contributed by atoms with E-state index in [1.54, 1.807) is 43.5 Å².